The van der Waals surface area contributed by atoms with E-state index in [-0.39, 0.29) is 5.91 Å². The van der Waals surface area contributed by atoms with Gasteiger partial charge in [-0.2, -0.15) is 5.10 Å². The number of nitrogens with zero attached hydrogens (tertiary/aromatic N) is 2. The molecule has 1 amide bonds. The number of nitrogens with two attached hydrogens (primary N) is 1. The van der Waals surface area contributed by atoms with Crippen molar-refractivity contribution in [3.05, 3.63) is 18.0 Å². The van der Waals surface area contributed by atoms with Gasteiger partial charge in [0.05, 0.1) is 17.7 Å². The van der Waals surface area contributed by atoms with Crippen molar-refractivity contribution in [1.29, 1.82) is 0 Å². The van der Waals surface area contributed by atoms with Gasteiger partial charge in [-0.05, 0) is 33.8 Å². The van der Waals surface area contributed by atoms with Crippen LogP contribution in [0.15, 0.2) is 12.3 Å². The van der Waals surface area contributed by atoms with Crippen LogP contribution in [0.1, 0.15) is 33.4 Å². The summed E-state index contributed by atoms with van der Waals surface area (Å²) in [6, 6.07) is 1.88. The molecular weight excluding hydrogens is 216 g/mol. The maximum atomic E-state index is 12.1. The predicted molar refractivity (Wildman–Crippen MR) is 67.1 cm³/mol. The Morgan fingerprint density at radius 2 is 2.06 bits per heavy atom. The average molecular weight is 238 g/mol. The summed E-state index contributed by atoms with van der Waals surface area (Å²) in [5.74, 6) is -0.0596. The smallest absolute Gasteiger partial charge is 0.227 e. The third-order valence-electron chi connectivity index (χ3n) is 3.38. The Hall–Kier alpha value is -1.36. The average Bonchev–Trinajstić information content (AvgIpc) is 2.58. The van der Waals surface area contributed by atoms with Crippen LogP contribution in [-0.2, 0) is 18.4 Å². The van der Waals surface area contributed by atoms with E-state index >= 15 is 0 Å². The van der Waals surface area contributed by atoms with Crippen LogP contribution >= 0.6 is 0 Å². The number of hydrogen-bond acceptors (Lipinski definition) is 3. The topological polar surface area (TPSA) is 72.9 Å². The van der Waals surface area contributed by atoms with E-state index in [2.05, 4.69) is 10.4 Å². The molecule has 0 fully saturated rings. The highest BCUT2D eigenvalue weighted by atomic mass is 16.2. The van der Waals surface area contributed by atoms with Gasteiger partial charge in [-0.15, -0.1) is 0 Å². The number of rotatable bonds is 4. The Morgan fingerprint density at radius 3 is 2.47 bits per heavy atom. The highest BCUT2D eigenvalue weighted by Crippen LogP contribution is 2.28. The van der Waals surface area contributed by atoms with Crippen molar-refractivity contribution in [3.63, 3.8) is 0 Å². The van der Waals surface area contributed by atoms with Crippen molar-refractivity contribution in [1.82, 2.24) is 15.1 Å². The van der Waals surface area contributed by atoms with Gasteiger partial charge >= 0.3 is 0 Å². The third-order valence-corrected chi connectivity index (χ3v) is 3.38. The number of hydrogen-bond donors (Lipinski definition) is 2. The summed E-state index contributed by atoms with van der Waals surface area (Å²) < 4.78 is 1.71. The van der Waals surface area contributed by atoms with E-state index in [9.17, 15) is 4.79 Å². The summed E-state index contributed by atoms with van der Waals surface area (Å²) in [6.07, 6.45) is 1.85. The summed E-state index contributed by atoms with van der Waals surface area (Å²) in [5, 5.41) is 7.06. The van der Waals surface area contributed by atoms with Gasteiger partial charge in [0.15, 0.2) is 0 Å². The molecule has 0 unspecified atom stereocenters. The number of carbonyl (C=O) groups excluding carboxylic acids is 1. The standard InChI is InChI=1S/C12H22N4O/c1-11(2,12(3,4)13)10(17)14-8-9-6-7-16(5)15-9/h6-7H,8,13H2,1-5H3,(H,14,17). The van der Waals surface area contributed by atoms with Crippen LogP contribution in [0.4, 0.5) is 0 Å². The molecule has 17 heavy (non-hydrogen) atoms. The van der Waals surface area contributed by atoms with Crippen molar-refractivity contribution in [2.24, 2.45) is 18.2 Å². The van der Waals surface area contributed by atoms with Crippen molar-refractivity contribution in [2.75, 3.05) is 0 Å². The first-order valence-electron chi connectivity index (χ1n) is 5.70. The molecule has 0 radical (unpaired) electrons. The van der Waals surface area contributed by atoms with E-state index in [1.54, 1.807) is 4.68 Å². The van der Waals surface area contributed by atoms with Gasteiger partial charge in [0.1, 0.15) is 0 Å². The number of aromatic nitrogens is 2. The molecule has 5 heteroatoms. The lowest BCUT2D eigenvalue weighted by Crippen LogP contribution is -2.55. The van der Waals surface area contributed by atoms with Crippen molar-refractivity contribution in [2.45, 2.75) is 39.8 Å². The molecule has 0 bridgehead atoms. The molecule has 0 spiro atoms. The van der Waals surface area contributed by atoms with Crippen LogP contribution in [0.5, 0.6) is 0 Å². The second-order valence-electron chi connectivity index (χ2n) is 5.51. The zero-order valence-electron chi connectivity index (χ0n) is 11.2. The Kier molecular flexibility index (Phi) is 3.62. The minimum Gasteiger partial charge on any atom is -0.350 e. The Bertz CT molecular complexity index is 401. The molecule has 0 saturated heterocycles. The lowest BCUT2D eigenvalue weighted by atomic mass is 9.74. The molecular formula is C12H22N4O. The summed E-state index contributed by atoms with van der Waals surface area (Å²) in [7, 11) is 1.85. The molecule has 0 aliphatic carbocycles. The first kappa shape index (κ1) is 13.7. The van der Waals surface area contributed by atoms with Gasteiger partial charge in [0.25, 0.3) is 0 Å². The van der Waals surface area contributed by atoms with E-state index in [1.165, 1.54) is 0 Å². The lowest BCUT2D eigenvalue weighted by Gasteiger charge is -2.36. The fourth-order valence-corrected chi connectivity index (χ4v) is 1.24. The normalized spacial score (nSPS) is 12.6. The van der Waals surface area contributed by atoms with Gasteiger partial charge in [-0.25, -0.2) is 0 Å². The summed E-state index contributed by atoms with van der Waals surface area (Å²) in [5.41, 5.74) is 5.65. The van der Waals surface area contributed by atoms with Crippen LogP contribution < -0.4 is 11.1 Å². The maximum absolute atomic E-state index is 12.1. The summed E-state index contributed by atoms with van der Waals surface area (Å²) in [4.78, 5) is 12.1. The fraction of sp³-hybridized carbons (Fsp3) is 0.667. The molecule has 96 valence electrons. The Balaban J connectivity index is 2.61. The summed E-state index contributed by atoms with van der Waals surface area (Å²) >= 11 is 0. The second-order valence-corrected chi connectivity index (χ2v) is 5.51. The first-order valence-corrected chi connectivity index (χ1v) is 5.70. The van der Waals surface area contributed by atoms with E-state index in [1.807, 2.05) is 47.0 Å². The van der Waals surface area contributed by atoms with Gasteiger partial charge in [0.2, 0.25) is 5.91 Å². The van der Waals surface area contributed by atoms with Crippen molar-refractivity contribution >= 4 is 5.91 Å². The van der Waals surface area contributed by atoms with Crippen LogP contribution in [-0.4, -0.2) is 21.2 Å². The highest BCUT2D eigenvalue weighted by molar-refractivity contribution is 5.83. The maximum Gasteiger partial charge on any atom is 0.227 e. The third kappa shape index (κ3) is 3.06. The number of nitrogens with one attached hydrogen (secondary N) is 1. The first-order chi connectivity index (χ1) is 7.64. The molecule has 0 aliphatic rings. The van der Waals surface area contributed by atoms with Crippen LogP contribution in [0.2, 0.25) is 0 Å². The largest absolute Gasteiger partial charge is 0.350 e. The minimum absolute atomic E-state index is 0.0596. The SMILES string of the molecule is Cn1ccc(CNC(=O)C(C)(C)C(C)(C)N)n1. The molecule has 1 rings (SSSR count). The van der Waals surface area contributed by atoms with E-state index in [4.69, 9.17) is 5.73 Å². The zero-order chi connectivity index (χ0) is 13.3. The molecule has 1 aromatic heterocycles. The van der Waals surface area contributed by atoms with Crippen molar-refractivity contribution in [3.8, 4) is 0 Å². The zero-order valence-corrected chi connectivity index (χ0v) is 11.2. The fourth-order valence-electron chi connectivity index (χ4n) is 1.24. The molecule has 1 aromatic rings. The Morgan fingerprint density at radius 1 is 1.47 bits per heavy atom. The predicted octanol–water partition coefficient (Wildman–Crippen LogP) is 0.800. The molecule has 3 N–H and O–H groups in total. The molecule has 0 aromatic carbocycles. The van der Waals surface area contributed by atoms with E-state index in [0.717, 1.165) is 5.69 Å². The number of carbonyl (C=O) groups is 1. The van der Waals surface area contributed by atoms with E-state index < -0.39 is 11.0 Å². The molecule has 0 atom stereocenters. The van der Waals surface area contributed by atoms with Crippen LogP contribution in [0.25, 0.3) is 0 Å². The highest BCUT2D eigenvalue weighted by Gasteiger charge is 2.40. The number of amides is 1. The van der Waals surface area contributed by atoms with Gasteiger partial charge in [0, 0.05) is 18.8 Å². The Labute approximate surface area is 102 Å². The van der Waals surface area contributed by atoms with Crippen LogP contribution in [0.3, 0.4) is 0 Å². The molecule has 5 nitrogen and oxygen atoms in total. The monoisotopic (exact) mass is 238 g/mol. The van der Waals surface area contributed by atoms with E-state index in [0.29, 0.717) is 6.54 Å². The quantitative estimate of drug-likeness (QED) is 0.815. The minimum atomic E-state index is -0.623. The molecule has 0 saturated carbocycles. The summed E-state index contributed by atoms with van der Waals surface area (Å²) in [6.45, 7) is 7.83. The van der Waals surface area contributed by atoms with Gasteiger partial charge in [-0.1, -0.05) is 0 Å². The van der Waals surface area contributed by atoms with Crippen LogP contribution in [0, 0.1) is 5.41 Å². The van der Waals surface area contributed by atoms with Crippen molar-refractivity contribution < 1.29 is 4.79 Å². The molecule has 1 heterocycles. The second kappa shape index (κ2) is 4.49. The van der Waals surface area contributed by atoms with Gasteiger partial charge < -0.3 is 11.1 Å². The number of aryl methyl sites for hydroxylation is 1. The van der Waals surface area contributed by atoms with Gasteiger partial charge in [-0.3, -0.25) is 9.48 Å². The molecule has 0 aliphatic heterocycles. The lowest BCUT2D eigenvalue weighted by molar-refractivity contribution is -0.132.